The van der Waals surface area contributed by atoms with Gasteiger partial charge in [-0.25, -0.2) is 9.97 Å². The molecule has 0 spiro atoms. The molecule has 6 heteroatoms. The van der Waals surface area contributed by atoms with Crippen molar-refractivity contribution in [2.24, 2.45) is 0 Å². The SMILES string of the molecule is CC(=O)c1sc(N2CCn3ccnc3C2)nc1C. The number of thiazole rings is 1. The first-order valence-electron chi connectivity index (χ1n) is 5.88. The second-order valence-corrected chi connectivity index (χ2v) is 5.40. The maximum atomic E-state index is 11.5. The summed E-state index contributed by atoms with van der Waals surface area (Å²) in [7, 11) is 0. The summed E-state index contributed by atoms with van der Waals surface area (Å²) in [6.07, 6.45) is 3.83. The predicted octanol–water partition coefficient (Wildman–Crippen LogP) is 1.87. The van der Waals surface area contributed by atoms with Crippen molar-refractivity contribution in [2.45, 2.75) is 26.9 Å². The first-order chi connectivity index (χ1) is 8.65. The third-order valence-corrected chi connectivity index (χ3v) is 4.44. The van der Waals surface area contributed by atoms with E-state index in [1.807, 2.05) is 19.3 Å². The molecule has 3 rings (SSSR count). The average molecular weight is 262 g/mol. The molecular weight excluding hydrogens is 248 g/mol. The summed E-state index contributed by atoms with van der Waals surface area (Å²) in [5.41, 5.74) is 0.830. The Labute approximate surface area is 109 Å². The second-order valence-electron chi connectivity index (χ2n) is 4.43. The highest BCUT2D eigenvalue weighted by Crippen LogP contribution is 2.28. The molecule has 2 aromatic heterocycles. The molecule has 3 heterocycles. The smallest absolute Gasteiger partial charge is 0.186 e. The van der Waals surface area contributed by atoms with Gasteiger partial charge < -0.3 is 9.47 Å². The predicted molar refractivity (Wildman–Crippen MR) is 70.1 cm³/mol. The molecule has 18 heavy (non-hydrogen) atoms. The first-order valence-corrected chi connectivity index (χ1v) is 6.70. The van der Waals surface area contributed by atoms with Crippen molar-refractivity contribution >= 4 is 22.3 Å². The minimum absolute atomic E-state index is 0.0924. The molecular formula is C12H14N4OS. The molecule has 94 valence electrons. The Morgan fingerprint density at radius 1 is 1.44 bits per heavy atom. The Bertz CT molecular complexity index is 601. The van der Waals surface area contributed by atoms with Crippen LogP contribution in [-0.2, 0) is 13.1 Å². The Morgan fingerprint density at radius 2 is 2.28 bits per heavy atom. The number of hydrogen-bond acceptors (Lipinski definition) is 5. The number of Topliss-reactive ketones (excluding diaryl/α,β-unsaturated/α-hetero) is 1. The third-order valence-electron chi connectivity index (χ3n) is 3.12. The molecule has 0 saturated heterocycles. The zero-order valence-corrected chi connectivity index (χ0v) is 11.2. The van der Waals surface area contributed by atoms with E-state index < -0.39 is 0 Å². The minimum atomic E-state index is 0.0924. The van der Waals surface area contributed by atoms with Gasteiger partial charge in [-0.05, 0) is 6.92 Å². The molecule has 0 aliphatic carbocycles. The summed E-state index contributed by atoms with van der Waals surface area (Å²) >= 11 is 1.48. The minimum Gasteiger partial charge on any atom is -0.339 e. The molecule has 0 fully saturated rings. The number of carbonyl (C=O) groups excluding carboxylic acids is 1. The number of nitrogens with zero attached hydrogens (tertiary/aromatic N) is 4. The van der Waals surface area contributed by atoms with E-state index in [-0.39, 0.29) is 5.78 Å². The molecule has 1 aliphatic heterocycles. The fraction of sp³-hybridized carbons (Fsp3) is 0.417. The van der Waals surface area contributed by atoms with Crippen LogP contribution >= 0.6 is 11.3 Å². The summed E-state index contributed by atoms with van der Waals surface area (Å²) in [5, 5.41) is 0.923. The summed E-state index contributed by atoms with van der Waals surface area (Å²) in [6.45, 7) is 6.07. The molecule has 0 radical (unpaired) electrons. The zero-order chi connectivity index (χ0) is 12.7. The Balaban J connectivity index is 1.89. The number of aryl methyl sites for hydroxylation is 1. The quantitative estimate of drug-likeness (QED) is 0.775. The number of fused-ring (bicyclic) bond motifs is 1. The van der Waals surface area contributed by atoms with Gasteiger partial charge in [0.05, 0.1) is 17.1 Å². The molecule has 0 atom stereocenters. The van der Waals surface area contributed by atoms with E-state index in [2.05, 4.69) is 19.4 Å². The van der Waals surface area contributed by atoms with Crippen LogP contribution in [-0.4, -0.2) is 26.9 Å². The van der Waals surface area contributed by atoms with Crippen LogP contribution in [0.4, 0.5) is 5.13 Å². The van der Waals surface area contributed by atoms with Gasteiger partial charge >= 0.3 is 0 Å². The van der Waals surface area contributed by atoms with Gasteiger partial charge in [-0.1, -0.05) is 11.3 Å². The van der Waals surface area contributed by atoms with Crippen molar-refractivity contribution in [1.29, 1.82) is 0 Å². The Hall–Kier alpha value is -1.69. The van der Waals surface area contributed by atoms with Crippen molar-refractivity contribution in [3.63, 3.8) is 0 Å². The van der Waals surface area contributed by atoms with Gasteiger partial charge in [0.25, 0.3) is 0 Å². The van der Waals surface area contributed by atoms with Crippen LogP contribution in [0.1, 0.15) is 28.1 Å². The van der Waals surface area contributed by atoms with Crippen LogP contribution in [0.3, 0.4) is 0 Å². The number of aromatic nitrogens is 3. The Morgan fingerprint density at radius 3 is 3.00 bits per heavy atom. The highest BCUT2D eigenvalue weighted by molar-refractivity contribution is 7.17. The van der Waals surface area contributed by atoms with Gasteiger partial charge in [0.2, 0.25) is 0 Å². The lowest BCUT2D eigenvalue weighted by atomic mass is 10.3. The zero-order valence-electron chi connectivity index (χ0n) is 10.4. The van der Waals surface area contributed by atoms with Crippen LogP contribution in [0.25, 0.3) is 0 Å². The molecule has 0 saturated carbocycles. The summed E-state index contributed by atoms with van der Waals surface area (Å²) in [5.74, 6) is 1.15. The fourth-order valence-corrected chi connectivity index (χ4v) is 3.17. The molecule has 0 N–H and O–H groups in total. The van der Waals surface area contributed by atoms with Crippen LogP contribution in [0.2, 0.25) is 0 Å². The van der Waals surface area contributed by atoms with Crippen molar-refractivity contribution in [2.75, 3.05) is 11.4 Å². The van der Waals surface area contributed by atoms with E-state index >= 15 is 0 Å². The van der Waals surface area contributed by atoms with Gasteiger partial charge in [0, 0.05) is 32.4 Å². The third kappa shape index (κ3) is 1.82. The Kier molecular flexibility index (Phi) is 2.66. The molecule has 0 unspecified atom stereocenters. The highest BCUT2D eigenvalue weighted by atomic mass is 32.1. The number of anilines is 1. The van der Waals surface area contributed by atoms with Gasteiger partial charge in [-0.2, -0.15) is 0 Å². The van der Waals surface area contributed by atoms with E-state index in [0.717, 1.165) is 41.2 Å². The molecule has 5 nitrogen and oxygen atoms in total. The molecule has 1 aliphatic rings. The summed E-state index contributed by atoms with van der Waals surface area (Å²) < 4.78 is 2.16. The second kappa shape index (κ2) is 4.20. The van der Waals surface area contributed by atoms with Crippen LogP contribution in [0, 0.1) is 6.92 Å². The largest absolute Gasteiger partial charge is 0.339 e. The van der Waals surface area contributed by atoms with Crippen molar-refractivity contribution < 1.29 is 4.79 Å². The van der Waals surface area contributed by atoms with Crippen LogP contribution in [0.15, 0.2) is 12.4 Å². The number of ketones is 1. The van der Waals surface area contributed by atoms with E-state index in [4.69, 9.17) is 0 Å². The van der Waals surface area contributed by atoms with Crippen LogP contribution < -0.4 is 4.90 Å². The number of imidazole rings is 1. The van der Waals surface area contributed by atoms with E-state index in [0.29, 0.717) is 0 Å². The van der Waals surface area contributed by atoms with Gasteiger partial charge in [0.15, 0.2) is 10.9 Å². The standard InChI is InChI=1S/C12H14N4OS/c1-8-11(9(2)17)18-12(14-8)16-6-5-15-4-3-13-10(15)7-16/h3-4H,5-7H2,1-2H3. The summed E-state index contributed by atoms with van der Waals surface area (Å²) in [6, 6.07) is 0. The lowest BCUT2D eigenvalue weighted by Gasteiger charge is -2.27. The fourth-order valence-electron chi connectivity index (χ4n) is 2.18. The maximum Gasteiger partial charge on any atom is 0.186 e. The van der Waals surface area contributed by atoms with Crippen molar-refractivity contribution in [3.05, 3.63) is 28.8 Å². The normalized spacial score (nSPS) is 14.7. The van der Waals surface area contributed by atoms with Crippen molar-refractivity contribution in [1.82, 2.24) is 14.5 Å². The molecule has 0 aromatic carbocycles. The molecule has 0 bridgehead atoms. The van der Waals surface area contributed by atoms with Gasteiger partial charge in [-0.3, -0.25) is 4.79 Å². The first kappa shape index (κ1) is 11.4. The van der Waals surface area contributed by atoms with Gasteiger partial charge in [-0.15, -0.1) is 0 Å². The van der Waals surface area contributed by atoms with Crippen LogP contribution in [0.5, 0.6) is 0 Å². The molecule has 2 aromatic rings. The van der Waals surface area contributed by atoms with Gasteiger partial charge in [0.1, 0.15) is 5.82 Å². The van der Waals surface area contributed by atoms with E-state index in [1.54, 1.807) is 6.92 Å². The monoisotopic (exact) mass is 262 g/mol. The maximum absolute atomic E-state index is 11.5. The summed E-state index contributed by atoms with van der Waals surface area (Å²) in [4.78, 5) is 23.2. The number of hydrogen-bond donors (Lipinski definition) is 0. The number of rotatable bonds is 2. The molecule has 0 amide bonds. The average Bonchev–Trinajstić information content (AvgIpc) is 2.93. The highest BCUT2D eigenvalue weighted by Gasteiger charge is 2.21. The van der Waals surface area contributed by atoms with E-state index in [1.165, 1.54) is 11.3 Å². The lowest BCUT2D eigenvalue weighted by molar-refractivity contribution is 0.102. The number of carbonyl (C=O) groups is 1. The lowest BCUT2D eigenvalue weighted by Crippen LogP contribution is -2.33. The van der Waals surface area contributed by atoms with Crippen molar-refractivity contribution in [3.8, 4) is 0 Å². The topological polar surface area (TPSA) is 51.0 Å². The van der Waals surface area contributed by atoms with E-state index in [9.17, 15) is 4.79 Å².